The van der Waals surface area contributed by atoms with Crippen molar-refractivity contribution in [1.29, 1.82) is 0 Å². The fourth-order valence-corrected chi connectivity index (χ4v) is 1.33. The van der Waals surface area contributed by atoms with Gasteiger partial charge in [-0.25, -0.2) is 9.97 Å². The summed E-state index contributed by atoms with van der Waals surface area (Å²) in [6.07, 6.45) is 7.53. The molecule has 14 heavy (non-hydrogen) atoms. The van der Waals surface area contributed by atoms with Gasteiger partial charge in [0.25, 0.3) is 0 Å². The number of terminal acetylenes is 1. The number of nitrogens with one attached hydrogen (secondary N) is 1. The van der Waals surface area contributed by atoms with E-state index >= 15 is 0 Å². The Morgan fingerprint density at radius 2 is 2.43 bits per heavy atom. The monoisotopic (exact) mass is 273 g/mol. The van der Waals surface area contributed by atoms with Crippen molar-refractivity contribution in [2.75, 3.05) is 5.32 Å². The van der Waals surface area contributed by atoms with Crippen molar-refractivity contribution in [3.05, 3.63) is 16.0 Å². The molecule has 1 unspecified atom stereocenters. The summed E-state index contributed by atoms with van der Waals surface area (Å²) in [6, 6.07) is -0.0442. The smallest absolute Gasteiger partial charge is 0.148 e. The fraction of sp³-hybridized carbons (Fsp3) is 0.333. The Labute approximate surface area is 96.4 Å². The molecule has 1 rings (SSSR count). The Hall–Kier alpha value is -0.790. The first-order valence-electron chi connectivity index (χ1n) is 4.07. The highest BCUT2D eigenvalue weighted by Crippen LogP contribution is 2.26. The van der Waals surface area contributed by atoms with Gasteiger partial charge in [0.05, 0.1) is 10.5 Å². The van der Waals surface area contributed by atoms with Crippen LogP contribution in [0.4, 0.5) is 5.82 Å². The standard InChI is InChI=1S/C9H9BrClN3/c1-3-6(4-2)14-9-7(10)8(11)12-5-13-9/h1,5-6H,4H2,2H3,(H,12,13,14). The highest BCUT2D eigenvalue weighted by atomic mass is 79.9. The minimum Gasteiger partial charge on any atom is -0.355 e. The second-order valence-electron chi connectivity index (χ2n) is 2.60. The van der Waals surface area contributed by atoms with Crippen molar-refractivity contribution in [2.24, 2.45) is 0 Å². The second kappa shape index (κ2) is 5.18. The molecule has 0 fully saturated rings. The fourth-order valence-electron chi connectivity index (χ4n) is 0.876. The average Bonchev–Trinajstić information content (AvgIpc) is 2.20. The van der Waals surface area contributed by atoms with Crippen molar-refractivity contribution in [1.82, 2.24) is 9.97 Å². The van der Waals surface area contributed by atoms with Crippen LogP contribution in [-0.2, 0) is 0 Å². The number of anilines is 1. The first-order chi connectivity index (χ1) is 6.69. The molecule has 0 aliphatic carbocycles. The van der Waals surface area contributed by atoms with Gasteiger partial charge in [-0.15, -0.1) is 6.42 Å². The van der Waals surface area contributed by atoms with E-state index in [-0.39, 0.29) is 6.04 Å². The van der Waals surface area contributed by atoms with Crippen molar-refractivity contribution < 1.29 is 0 Å². The van der Waals surface area contributed by atoms with E-state index in [2.05, 4.69) is 37.1 Å². The highest BCUT2D eigenvalue weighted by Gasteiger charge is 2.09. The molecule has 0 amide bonds. The number of hydrogen-bond donors (Lipinski definition) is 1. The lowest BCUT2D eigenvalue weighted by atomic mass is 10.2. The lowest BCUT2D eigenvalue weighted by Gasteiger charge is -2.12. The molecule has 74 valence electrons. The highest BCUT2D eigenvalue weighted by molar-refractivity contribution is 9.10. The van der Waals surface area contributed by atoms with Gasteiger partial charge >= 0.3 is 0 Å². The van der Waals surface area contributed by atoms with E-state index < -0.39 is 0 Å². The summed E-state index contributed by atoms with van der Waals surface area (Å²) in [5.74, 6) is 3.23. The maximum Gasteiger partial charge on any atom is 0.148 e. The van der Waals surface area contributed by atoms with Gasteiger partial charge in [0.15, 0.2) is 0 Å². The van der Waals surface area contributed by atoms with E-state index in [1.54, 1.807) is 0 Å². The van der Waals surface area contributed by atoms with Crippen LogP contribution in [0.2, 0.25) is 5.15 Å². The van der Waals surface area contributed by atoms with Gasteiger partial charge in [0, 0.05) is 0 Å². The molecule has 3 nitrogen and oxygen atoms in total. The van der Waals surface area contributed by atoms with Crippen LogP contribution in [0.3, 0.4) is 0 Å². The predicted octanol–water partition coefficient (Wildman–Crippen LogP) is 2.72. The Bertz CT molecular complexity index is 362. The molecule has 1 aromatic rings. The third kappa shape index (κ3) is 2.60. The lowest BCUT2D eigenvalue weighted by Crippen LogP contribution is -2.17. The molecule has 0 saturated carbocycles. The molecule has 0 aliphatic rings. The van der Waals surface area contributed by atoms with Gasteiger partial charge in [-0.2, -0.15) is 0 Å². The minimum atomic E-state index is -0.0442. The van der Waals surface area contributed by atoms with Crippen LogP contribution in [0.15, 0.2) is 10.8 Å². The summed E-state index contributed by atoms with van der Waals surface area (Å²) < 4.78 is 0.635. The number of hydrogen-bond acceptors (Lipinski definition) is 3. The maximum atomic E-state index is 5.79. The van der Waals surface area contributed by atoms with Crippen LogP contribution in [0.25, 0.3) is 0 Å². The zero-order valence-electron chi connectivity index (χ0n) is 7.59. The van der Waals surface area contributed by atoms with E-state index in [1.807, 2.05) is 6.92 Å². The number of nitrogens with zero attached hydrogens (tertiary/aromatic N) is 2. The van der Waals surface area contributed by atoms with Crippen molar-refractivity contribution in [3.63, 3.8) is 0 Å². The Morgan fingerprint density at radius 1 is 1.71 bits per heavy atom. The van der Waals surface area contributed by atoms with Gasteiger partial charge in [-0.05, 0) is 22.4 Å². The summed E-state index contributed by atoms with van der Waals surface area (Å²) in [5, 5.41) is 3.44. The van der Waals surface area contributed by atoms with Crippen molar-refractivity contribution in [2.45, 2.75) is 19.4 Å². The van der Waals surface area contributed by atoms with Gasteiger partial charge in [-0.1, -0.05) is 24.4 Å². The van der Waals surface area contributed by atoms with E-state index in [0.29, 0.717) is 15.4 Å². The third-order valence-corrected chi connectivity index (χ3v) is 2.93. The first-order valence-corrected chi connectivity index (χ1v) is 5.24. The zero-order valence-corrected chi connectivity index (χ0v) is 9.93. The summed E-state index contributed by atoms with van der Waals surface area (Å²) in [5.41, 5.74) is 0. The van der Waals surface area contributed by atoms with Gasteiger partial charge in [0.2, 0.25) is 0 Å². The SMILES string of the molecule is C#CC(CC)Nc1ncnc(Cl)c1Br. The average molecular weight is 275 g/mol. The summed E-state index contributed by atoms with van der Waals surface area (Å²) in [4.78, 5) is 7.84. The van der Waals surface area contributed by atoms with E-state index in [4.69, 9.17) is 18.0 Å². The predicted molar refractivity (Wildman–Crippen MR) is 61.3 cm³/mol. The maximum absolute atomic E-state index is 5.79. The molecular formula is C9H9BrClN3. The van der Waals surface area contributed by atoms with Gasteiger partial charge in [0.1, 0.15) is 17.3 Å². The molecule has 0 radical (unpaired) electrons. The zero-order chi connectivity index (χ0) is 10.6. The second-order valence-corrected chi connectivity index (χ2v) is 3.75. The summed E-state index contributed by atoms with van der Waals surface area (Å²) in [7, 11) is 0. The van der Waals surface area contributed by atoms with Crippen LogP contribution in [0, 0.1) is 12.3 Å². The molecule has 0 spiro atoms. The van der Waals surface area contributed by atoms with Crippen LogP contribution >= 0.6 is 27.5 Å². The Balaban J connectivity index is 2.87. The molecule has 0 aliphatic heterocycles. The molecule has 0 bridgehead atoms. The Kier molecular flexibility index (Phi) is 4.18. The quantitative estimate of drug-likeness (QED) is 0.680. The van der Waals surface area contributed by atoms with Crippen LogP contribution in [0.1, 0.15) is 13.3 Å². The van der Waals surface area contributed by atoms with Crippen LogP contribution in [0.5, 0.6) is 0 Å². The van der Waals surface area contributed by atoms with Crippen LogP contribution < -0.4 is 5.32 Å². The molecule has 5 heteroatoms. The van der Waals surface area contributed by atoms with Crippen LogP contribution in [-0.4, -0.2) is 16.0 Å². The first kappa shape index (κ1) is 11.3. The van der Waals surface area contributed by atoms with Crippen molar-refractivity contribution in [3.8, 4) is 12.3 Å². The van der Waals surface area contributed by atoms with Gasteiger partial charge < -0.3 is 5.32 Å². The number of rotatable bonds is 3. The van der Waals surface area contributed by atoms with E-state index in [1.165, 1.54) is 6.33 Å². The molecule has 1 heterocycles. The van der Waals surface area contributed by atoms with Crippen molar-refractivity contribution >= 4 is 33.3 Å². The lowest BCUT2D eigenvalue weighted by molar-refractivity contribution is 0.847. The van der Waals surface area contributed by atoms with E-state index in [0.717, 1.165) is 6.42 Å². The normalized spacial score (nSPS) is 11.9. The molecule has 1 atom stereocenters. The summed E-state index contributed by atoms with van der Waals surface area (Å²) in [6.45, 7) is 1.99. The molecule has 1 N–H and O–H groups in total. The molecule has 0 saturated heterocycles. The number of halogens is 2. The molecule has 0 aromatic carbocycles. The molecular weight excluding hydrogens is 265 g/mol. The minimum absolute atomic E-state index is 0.0442. The largest absolute Gasteiger partial charge is 0.355 e. The summed E-state index contributed by atoms with van der Waals surface area (Å²) >= 11 is 9.07. The third-order valence-electron chi connectivity index (χ3n) is 1.67. The Morgan fingerprint density at radius 3 is 3.00 bits per heavy atom. The topological polar surface area (TPSA) is 37.8 Å². The number of aromatic nitrogens is 2. The van der Waals surface area contributed by atoms with Gasteiger partial charge in [-0.3, -0.25) is 0 Å². The van der Waals surface area contributed by atoms with E-state index in [9.17, 15) is 0 Å². The molecule has 1 aromatic heterocycles.